The van der Waals surface area contributed by atoms with E-state index in [1.165, 1.54) is 238 Å². The average Bonchev–Trinajstić information content (AvgIpc) is 0.771. The summed E-state index contributed by atoms with van der Waals surface area (Å²) in [7, 11) is 41.3. The van der Waals surface area contributed by atoms with Crippen molar-refractivity contribution in [3.05, 3.63) is 349 Å². The zero-order valence-corrected chi connectivity index (χ0v) is 107. The predicted octanol–water partition coefficient (Wildman–Crippen LogP) is 27.7. The fraction of sp³-hybridized carbons (Fsp3) is 0.345. The van der Waals surface area contributed by atoms with Crippen molar-refractivity contribution in [1.29, 1.82) is 0 Å². The molecule has 12 nitrogen and oxygen atoms in total. The molecule has 12 aromatic carbocycles. The number of rotatable bonds is 24. The quantitative estimate of drug-likeness (QED) is 0.0256. The number of para-hydroxylation sites is 1. The molecule has 31 heteroatoms. The van der Waals surface area contributed by atoms with Gasteiger partial charge in [-0.2, -0.15) is 42.3 Å². The van der Waals surface area contributed by atoms with E-state index in [0.717, 1.165) is 97.7 Å². The Morgan fingerprint density at radius 2 is 0.475 bits per heavy atom. The summed E-state index contributed by atoms with van der Waals surface area (Å²) < 4.78 is 13.2. The van der Waals surface area contributed by atoms with E-state index in [4.69, 9.17) is 0 Å². The van der Waals surface area contributed by atoms with Crippen molar-refractivity contribution >= 4 is 171 Å². The number of aromatic hydroxyl groups is 6. The Balaban J connectivity index is 0.000000830. The van der Waals surface area contributed by atoms with Crippen molar-refractivity contribution in [3.63, 3.8) is 0 Å². The molecular weight excluding hydrogens is 2210 g/mol. The van der Waals surface area contributed by atoms with Gasteiger partial charge in [-0.25, -0.2) is 4.39 Å². The van der Waals surface area contributed by atoms with Crippen LogP contribution in [0.15, 0.2) is 200 Å². The topological polar surface area (TPSA) is 206 Å². The summed E-state index contributed by atoms with van der Waals surface area (Å²) in [5.74, 6) is 2.15. The summed E-state index contributed by atoms with van der Waals surface area (Å²) in [4.78, 5) is 0. The van der Waals surface area contributed by atoms with Crippen LogP contribution in [-0.2, 0) is 177 Å². The van der Waals surface area contributed by atoms with E-state index < -0.39 is 0 Å². The molecule has 0 amide bonds. The van der Waals surface area contributed by atoms with E-state index in [1.54, 1.807) is 31.3 Å². The van der Waals surface area contributed by atoms with Crippen molar-refractivity contribution in [1.82, 2.24) is 0 Å². The maximum absolute atomic E-state index is 13.2. The van der Waals surface area contributed by atoms with Crippen LogP contribution in [0, 0.1) is 75.1 Å². The number of phenolic OH excluding ortho intramolecular Hbond substituents is 6. The van der Waals surface area contributed by atoms with Crippen LogP contribution in [0.5, 0.6) is 34.5 Å². The molecule has 0 saturated heterocycles. The molecule has 0 aromatic heterocycles. The first-order chi connectivity index (χ1) is 66.7. The summed E-state index contributed by atoms with van der Waals surface area (Å²) in [5, 5.41) is 101. The second-order valence-electron chi connectivity index (χ2n) is 37.5. The number of aryl methyl sites for hydroxylation is 10. The molecule has 6 atom stereocenters. The van der Waals surface area contributed by atoms with Gasteiger partial charge in [0, 0.05) is 43.0 Å². The zero-order valence-electron chi connectivity index (χ0n) is 86.8. The standard InChI is InChI=1S/C23H33NOP.2C20H27NOP.C17H21NOP.C16H19NOP.C14H14FNOP.6ClH.6Ti/c1-15-9-10-19(16(11-15)14-24-8)26-20-13-17(22(2,3)4)12-18(21(20)25)23(5,6)7;1-13-7-8-17(15(9-13)12-21-6)23-18-11-16(20(3,4)5)10-14(2)19(18)22;1-13-7-8-17(15(9-13)12-21-6)23-18-11-14(2)10-16(19(18)22)20(3,4)5;1-11-5-6-15(14(8-11)10-18-4)20-16-9-12(2)7-13(3)17(16)19;1-11-5-7-15(13(8-11)10-17-3)19-16-9-12(2)4-6-14(16)18;1-16-9-10-8-11(15)6-7-13(10)18-14-5-3-2-4-12(14)17;;;;;;;;;;;;/h9-13,25-26H,14H2,1-8H3;2*7-11,22-23H,12H2,1-6H3;5-9,19-20H,10H2,1-4H3;4-9,18-19H,10H2,1-3H3;2-8,17-18H,9H2,1H3;6*1H;;;;;;/q6*-1;;;;;;;6*+2/p-6. The molecule has 6 unspecified atom stereocenters. The molecule has 6 N–H and O–H groups in total. The fourth-order valence-corrected chi connectivity index (χ4v) is 22.2. The molecule has 0 heterocycles. The van der Waals surface area contributed by atoms with Gasteiger partial charge >= 0.3 is 172 Å². The molecule has 0 saturated carbocycles. The van der Waals surface area contributed by atoms with E-state index in [0.29, 0.717) is 86.8 Å². The number of halogens is 7. The van der Waals surface area contributed by atoms with E-state index in [1.807, 2.05) is 80.3 Å². The van der Waals surface area contributed by atoms with Crippen LogP contribution in [0.25, 0.3) is 31.9 Å². The molecule has 0 aliphatic heterocycles. The van der Waals surface area contributed by atoms with E-state index in [9.17, 15) is 35.0 Å². The van der Waals surface area contributed by atoms with Gasteiger partial charge in [0.25, 0.3) is 0 Å². The van der Waals surface area contributed by atoms with Crippen LogP contribution < -0.4 is 63.7 Å². The second-order valence-corrected chi connectivity index (χ2v) is 45.5. The molecule has 0 aliphatic rings. The van der Waals surface area contributed by atoms with Gasteiger partial charge in [0.05, 0.1) is 0 Å². The molecule has 12 rings (SSSR count). The average molecular weight is 2350 g/mol. The molecule has 141 heavy (non-hydrogen) atoms. The third-order valence-corrected chi connectivity index (χ3v) is 30.0. The van der Waals surface area contributed by atoms with Crippen LogP contribution in [0.1, 0.15) is 194 Å². The number of phenols is 6. The van der Waals surface area contributed by atoms with Gasteiger partial charge in [-0.05, 0) is 211 Å². The van der Waals surface area contributed by atoms with E-state index in [2.05, 4.69) is 359 Å². The van der Waals surface area contributed by atoms with Crippen LogP contribution in [0.2, 0.25) is 0 Å². The van der Waals surface area contributed by atoms with Crippen molar-refractivity contribution in [2.24, 2.45) is 0 Å². The zero-order chi connectivity index (χ0) is 108. The van der Waals surface area contributed by atoms with E-state index in [-0.39, 0.29) is 33.2 Å². The van der Waals surface area contributed by atoms with Gasteiger partial charge in [-0.1, -0.05) is 347 Å². The number of hydrogen-bond acceptors (Lipinski definition) is 6. The van der Waals surface area contributed by atoms with Crippen molar-refractivity contribution in [2.75, 3.05) is 42.3 Å². The number of nitrogens with zero attached hydrogens (tertiary/aromatic N) is 6. The number of hydrogen-bond donors (Lipinski definition) is 6. The summed E-state index contributed by atoms with van der Waals surface area (Å²) in [6.45, 7) is 51.0. The summed E-state index contributed by atoms with van der Waals surface area (Å²) in [6, 6.07) is 67.1. The van der Waals surface area contributed by atoms with Crippen molar-refractivity contribution < 1.29 is 151 Å². The Hall–Kier alpha value is -2.26. The summed E-state index contributed by atoms with van der Waals surface area (Å²) in [6.07, 6.45) is 0. The molecular formula is C110H141Cl6FN6O6P6Ti6. The Morgan fingerprint density at radius 3 is 0.801 bits per heavy atom. The first kappa shape index (κ1) is 137. The Kier molecular flexibility index (Phi) is 69.4. The van der Waals surface area contributed by atoms with Crippen molar-refractivity contribution in [3.8, 4) is 34.5 Å². The minimum atomic E-state index is -0.250. The van der Waals surface area contributed by atoms with Crippen molar-refractivity contribution in [2.45, 2.75) is 213 Å². The number of benzene rings is 12. The van der Waals surface area contributed by atoms with Crippen LogP contribution in [0.3, 0.4) is 0 Å². The Labute approximate surface area is 950 Å². The maximum atomic E-state index is 13.2. The summed E-state index contributed by atoms with van der Waals surface area (Å²) in [5.41, 5.74) is 23.4. The third kappa shape index (κ3) is 48.1. The first-order valence-electron chi connectivity index (χ1n) is 45.0. The Bertz CT molecular complexity index is 5750. The van der Waals surface area contributed by atoms with Gasteiger partial charge in [0.15, 0.2) is 0 Å². The molecule has 0 spiro atoms. The Morgan fingerprint density at radius 1 is 0.234 bits per heavy atom. The normalized spacial score (nSPS) is 11.1. The minimum absolute atomic E-state index is 0.0434. The summed E-state index contributed by atoms with van der Waals surface area (Å²) >= 11 is 8.83. The van der Waals surface area contributed by atoms with Gasteiger partial charge in [0.2, 0.25) is 0 Å². The SMILES string of the molecule is C[N-]Cc1cc(C)ccc1Pc1cc(C(C)(C)C)cc(C(C)(C)C)c1O.C[N-]Cc1cc(C)ccc1Pc1cc(C(C)(C)C)cc(C)c1O.C[N-]Cc1cc(C)ccc1Pc1cc(C)cc(C(C)(C)C)c1O.C[N-]Cc1cc(C)ccc1Pc1cc(C)cc(C)c1O.C[N-]Cc1cc(C)ccc1Pc1cc(C)ccc1O.C[N-]Cc1cc(F)ccc1Pc1ccccc1O.[Cl][Ti+].[Cl][Ti+].[Cl][Ti+].[Cl][Ti+].[Cl][Ti+].[Cl][Ti+]. The van der Waals surface area contributed by atoms with Crippen LogP contribution >= 0.6 is 107 Å². The second kappa shape index (κ2) is 71.5. The van der Waals surface area contributed by atoms with E-state index >= 15 is 0 Å². The molecule has 0 bridgehead atoms. The van der Waals surface area contributed by atoms with Gasteiger partial charge in [-0.3, -0.25) is 0 Å². The predicted molar refractivity (Wildman–Crippen MR) is 608 cm³/mol. The first-order valence-corrected chi connectivity index (χ1v) is 63.9. The molecule has 750 valence electrons. The molecule has 0 fully saturated rings. The molecule has 0 aliphatic carbocycles. The van der Waals surface area contributed by atoms with Gasteiger partial charge in [0.1, 0.15) is 40.3 Å². The monoisotopic (exact) mass is 2340 g/mol. The van der Waals surface area contributed by atoms with Gasteiger partial charge in [-0.15, -0.1) is 39.3 Å². The fourth-order valence-electron chi connectivity index (χ4n) is 14.5. The van der Waals surface area contributed by atoms with Crippen LogP contribution in [-0.4, -0.2) is 72.9 Å². The van der Waals surface area contributed by atoms with Gasteiger partial charge < -0.3 is 62.5 Å². The third-order valence-electron chi connectivity index (χ3n) is 21.5. The van der Waals surface area contributed by atoms with Crippen LogP contribution in [0.4, 0.5) is 4.39 Å². The molecule has 0 radical (unpaired) electrons. The molecule has 12 aromatic rings.